The first-order valence-electron chi connectivity index (χ1n) is 7.09. The van der Waals surface area contributed by atoms with Crippen molar-refractivity contribution >= 4 is 28.7 Å². The average Bonchev–Trinajstić information content (AvgIpc) is 2.83. The highest BCUT2D eigenvalue weighted by molar-refractivity contribution is 6.30. The van der Waals surface area contributed by atoms with Crippen molar-refractivity contribution in [2.45, 2.75) is 13.5 Å². The van der Waals surface area contributed by atoms with Gasteiger partial charge in [0.25, 0.3) is 0 Å². The van der Waals surface area contributed by atoms with Crippen LogP contribution in [0.15, 0.2) is 40.5 Å². The van der Waals surface area contributed by atoms with Crippen LogP contribution in [0.5, 0.6) is 5.75 Å². The molecule has 1 aliphatic rings. The Morgan fingerprint density at radius 3 is 3.00 bits per heavy atom. The molecule has 0 bridgehead atoms. The van der Waals surface area contributed by atoms with Crippen molar-refractivity contribution in [1.29, 1.82) is 0 Å². The zero-order chi connectivity index (χ0) is 15.5. The van der Waals surface area contributed by atoms with E-state index in [-0.39, 0.29) is 0 Å². The fourth-order valence-corrected chi connectivity index (χ4v) is 2.91. The molecule has 0 unspecified atom stereocenters. The number of aliphatic imine (C=N–C) groups is 1. The molecule has 22 heavy (non-hydrogen) atoms. The molecule has 1 aromatic heterocycles. The number of benzene rings is 1. The molecule has 3 rings (SSSR count). The molecule has 6 heteroatoms. The van der Waals surface area contributed by atoms with Crippen LogP contribution < -0.4 is 4.74 Å². The first-order valence-corrected chi connectivity index (χ1v) is 7.46. The van der Waals surface area contributed by atoms with E-state index in [9.17, 15) is 4.39 Å². The van der Waals surface area contributed by atoms with Gasteiger partial charge in [0.1, 0.15) is 17.6 Å². The Morgan fingerprint density at radius 1 is 1.36 bits per heavy atom. The highest BCUT2D eigenvalue weighted by Crippen LogP contribution is 2.29. The van der Waals surface area contributed by atoms with Gasteiger partial charge in [0.2, 0.25) is 6.86 Å². The Morgan fingerprint density at radius 2 is 2.23 bits per heavy atom. The molecular weight excluding hydrogens is 305 g/mol. The van der Waals surface area contributed by atoms with Crippen molar-refractivity contribution < 1.29 is 9.13 Å². The van der Waals surface area contributed by atoms with Crippen molar-refractivity contribution in [2.24, 2.45) is 4.99 Å². The molecule has 0 amide bonds. The molecule has 0 fully saturated rings. The van der Waals surface area contributed by atoms with E-state index in [1.807, 2.05) is 24.0 Å². The third-order valence-electron chi connectivity index (χ3n) is 3.77. The monoisotopic (exact) mass is 321 g/mol. The molecule has 1 aliphatic heterocycles. The van der Waals surface area contributed by atoms with Crippen LogP contribution in [0, 0.1) is 6.92 Å². The summed E-state index contributed by atoms with van der Waals surface area (Å²) >= 11 is 6.17. The number of fused-ring (bicyclic) bond motifs is 1. The fraction of sp³-hybridized carbons (Fsp3) is 0.312. The Labute approximate surface area is 133 Å². The van der Waals surface area contributed by atoms with Crippen LogP contribution in [0.4, 0.5) is 4.39 Å². The molecule has 0 spiro atoms. The van der Waals surface area contributed by atoms with E-state index in [2.05, 4.69) is 15.6 Å². The number of aryl methyl sites for hydroxylation is 1. The SMILES string of the molecule is Cc1cc2cccc(OCF)c2n1CCN1CN=CC=C1Cl. The van der Waals surface area contributed by atoms with Crippen molar-refractivity contribution in [2.75, 3.05) is 20.1 Å². The number of hydrogen-bond acceptors (Lipinski definition) is 3. The Kier molecular flexibility index (Phi) is 4.34. The summed E-state index contributed by atoms with van der Waals surface area (Å²) in [5.74, 6) is 0.561. The van der Waals surface area contributed by atoms with Crippen LogP contribution in [0.3, 0.4) is 0 Å². The van der Waals surface area contributed by atoms with E-state index in [4.69, 9.17) is 16.3 Å². The molecule has 2 aromatic rings. The largest absolute Gasteiger partial charge is 0.461 e. The number of ether oxygens (including phenoxy) is 1. The second-order valence-electron chi connectivity index (χ2n) is 5.11. The van der Waals surface area contributed by atoms with Crippen molar-refractivity contribution in [3.05, 3.63) is 41.2 Å². The van der Waals surface area contributed by atoms with Gasteiger partial charge in [0, 0.05) is 30.4 Å². The topological polar surface area (TPSA) is 29.8 Å². The molecule has 1 aromatic carbocycles. The number of hydrogen-bond donors (Lipinski definition) is 0. The highest BCUT2D eigenvalue weighted by Gasteiger charge is 2.14. The second-order valence-corrected chi connectivity index (χ2v) is 5.50. The van der Waals surface area contributed by atoms with Gasteiger partial charge >= 0.3 is 0 Å². The molecule has 4 nitrogen and oxygen atoms in total. The third kappa shape index (κ3) is 2.81. The Balaban J connectivity index is 1.88. The number of para-hydroxylation sites is 1. The number of halogens is 2. The zero-order valence-corrected chi connectivity index (χ0v) is 13.1. The van der Waals surface area contributed by atoms with E-state index in [0.717, 1.165) is 29.7 Å². The maximum atomic E-state index is 12.6. The van der Waals surface area contributed by atoms with Gasteiger partial charge in [0.05, 0.1) is 5.52 Å². The molecule has 2 heterocycles. The molecule has 0 saturated heterocycles. The maximum Gasteiger partial charge on any atom is 0.228 e. The van der Waals surface area contributed by atoms with Crippen LogP contribution in [-0.2, 0) is 6.54 Å². The minimum Gasteiger partial charge on any atom is -0.461 e. The molecule has 0 N–H and O–H groups in total. The van der Waals surface area contributed by atoms with Crippen LogP contribution in [-0.4, -0.2) is 35.8 Å². The van der Waals surface area contributed by atoms with Gasteiger partial charge in [-0.2, -0.15) is 0 Å². The smallest absolute Gasteiger partial charge is 0.228 e. The molecular formula is C16H17ClFN3O. The van der Waals surface area contributed by atoms with Gasteiger partial charge in [0.15, 0.2) is 0 Å². The normalized spacial score (nSPS) is 14.5. The lowest BCUT2D eigenvalue weighted by atomic mass is 10.2. The lowest BCUT2D eigenvalue weighted by Gasteiger charge is -2.24. The van der Waals surface area contributed by atoms with Crippen LogP contribution in [0.2, 0.25) is 0 Å². The summed E-state index contributed by atoms with van der Waals surface area (Å²) in [7, 11) is 0. The summed E-state index contributed by atoms with van der Waals surface area (Å²) in [5.41, 5.74) is 2.02. The lowest BCUT2D eigenvalue weighted by Crippen LogP contribution is -2.27. The average molecular weight is 322 g/mol. The van der Waals surface area contributed by atoms with E-state index in [1.54, 1.807) is 18.4 Å². The highest BCUT2D eigenvalue weighted by atomic mass is 35.5. The van der Waals surface area contributed by atoms with Crippen LogP contribution in [0.1, 0.15) is 5.69 Å². The van der Waals surface area contributed by atoms with E-state index in [1.165, 1.54) is 0 Å². The van der Waals surface area contributed by atoms with Crippen molar-refractivity contribution in [3.63, 3.8) is 0 Å². The Bertz CT molecular complexity index is 738. The first-order chi connectivity index (χ1) is 10.7. The molecule has 0 atom stereocenters. The van der Waals surface area contributed by atoms with E-state index in [0.29, 0.717) is 17.6 Å². The minimum atomic E-state index is -0.835. The van der Waals surface area contributed by atoms with Gasteiger partial charge in [-0.15, -0.1) is 0 Å². The predicted octanol–water partition coefficient (Wildman–Crippen LogP) is 3.68. The number of rotatable bonds is 5. The van der Waals surface area contributed by atoms with Gasteiger partial charge in [-0.3, -0.25) is 4.99 Å². The van der Waals surface area contributed by atoms with Crippen molar-refractivity contribution in [1.82, 2.24) is 9.47 Å². The van der Waals surface area contributed by atoms with E-state index >= 15 is 0 Å². The van der Waals surface area contributed by atoms with Gasteiger partial charge in [-0.05, 0) is 25.1 Å². The van der Waals surface area contributed by atoms with Gasteiger partial charge in [-0.1, -0.05) is 23.7 Å². The molecule has 116 valence electrons. The molecule has 0 radical (unpaired) electrons. The van der Waals surface area contributed by atoms with Crippen molar-refractivity contribution in [3.8, 4) is 5.75 Å². The quantitative estimate of drug-likeness (QED) is 0.786. The van der Waals surface area contributed by atoms with E-state index < -0.39 is 6.86 Å². The summed E-state index contributed by atoms with van der Waals surface area (Å²) in [6, 6.07) is 7.74. The summed E-state index contributed by atoms with van der Waals surface area (Å²) < 4.78 is 19.8. The summed E-state index contributed by atoms with van der Waals surface area (Å²) in [6.07, 6.45) is 3.49. The predicted molar refractivity (Wildman–Crippen MR) is 87.3 cm³/mol. The number of nitrogens with zero attached hydrogens (tertiary/aromatic N) is 3. The number of allylic oxidation sites excluding steroid dienone is 1. The lowest BCUT2D eigenvalue weighted by molar-refractivity contribution is 0.193. The zero-order valence-electron chi connectivity index (χ0n) is 12.3. The summed E-state index contributed by atoms with van der Waals surface area (Å²) in [5, 5.41) is 1.73. The van der Waals surface area contributed by atoms with Gasteiger partial charge in [-0.25, -0.2) is 4.39 Å². The molecule has 0 saturated carbocycles. The standard InChI is InChI=1S/C16H17ClFN3O/c1-12-9-13-3-2-4-14(22-10-18)16(13)21(12)8-7-20-11-19-6-5-15(20)17/h2-6,9H,7-8,10-11H2,1H3. The summed E-state index contributed by atoms with van der Waals surface area (Å²) in [6.45, 7) is 3.20. The number of aromatic nitrogens is 1. The van der Waals surface area contributed by atoms with Crippen LogP contribution >= 0.6 is 11.6 Å². The summed E-state index contributed by atoms with van der Waals surface area (Å²) in [4.78, 5) is 6.19. The number of alkyl halides is 1. The minimum absolute atomic E-state index is 0.557. The van der Waals surface area contributed by atoms with Gasteiger partial charge < -0.3 is 14.2 Å². The molecule has 0 aliphatic carbocycles. The fourth-order valence-electron chi connectivity index (χ4n) is 2.72. The second kappa shape index (κ2) is 6.40. The first kappa shape index (κ1) is 14.9. The maximum absolute atomic E-state index is 12.6. The van der Waals surface area contributed by atoms with Crippen LogP contribution in [0.25, 0.3) is 10.9 Å². The Hall–Kier alpha value is -2.01. The third-order valence-corrected chi connectivity index (χ3v) is 4.13.